The van der Waals surface area contributed by atoms with E-state index < -0.39 is 17.4 Å². The van der Waals surface area contributed by atoms with E-state index in [-0.39, 0.29) is 16.9 Å². The van der Waals surface area contributed by atoms with Crippen LogP contribution in [-0.2, 0) is 0 Å². The van der Waals surface area contributed by atoms with E-state index in [1.807, 2.05) is 30.3 Å². The van der Waals surface area contributed by atoms with E-state index in [0.29, 0.717) is 5.69 Å². The molecule has 4 aromatic rings. The van der Waals surface area contributed by atoms with Crippen LogP contribution in [-0.4, -0.2) is 16.4 Å². The molecule has 0 aliphatic carbocycles. The Kier molecular flexibility index (Phi) is 2.87. The van der Waals surface area contributed by atoms with E-state index in [4.69, 9.17) is 5.73 Å². The molecule has 2 aromatic heterocycles. The van der Waals surface area contributed by atoms with Gasteiger partial charge in [-0.2, -0.15) is 0 Å². The third kappa shape index (κ3) is 1.89. The number of nitrogens with one attached hydrogen (secondary N) is 1. The van der Waals surface area contributed by atoms with Gasteiger partial charge in [-0.25, -0.2) is 0 Å². The van der Waals surface area contributed by atoms with Crippen molar-refractivity contribution in [1.82, 2.24) is 9.88 Å². The Bertz CT molecular complexity index is 1330. The third-order valence-corrected chi connectivity index (χ3v) is 5.71. The Labute approximate surface area is 150 Å². The molecule has 126 valence electrons. The van der Waals surface area contributed by atoms with Crippen molar-refractivity contribution in [2.24, 2.45) is 0 Å². The molecule has 0 atom stereocenters. The second kappa shape index (κ2) is 5.03. The van der Waals surface area contributed by atoms with Crippen molar-refractivity contribution in [1.29, 1.82) is 0 Å². The van der Waals surface area contributed by atoms with Gasteiger partial charge < -0.3 is 5.73 Å². The quantitative estimate of drug-likeness (QED) is 0.510. The lowest BCUT2D eigenvalue weighted by Crippen LogP contribution is -2.24. The molecule has 0 bridgehead atoms. The molecule has 1 aliphatic heterocycles. The molecule has 0 saturated carbocycles. The van der Waals surface area contributed by atoms with Gasteiger partial charge in [0.05, 0.1) is 16.8 Å². The molecule has 3 N–H and O–H groups in total. The van der Waals surface area contributed by atoms with Crippen LogP contribution in [0.25, 0.3) is 25.9 Å². The fraction of sp³-hybridized carbons (Fsp3) is 0. The van der Waals surface area contributed by atoms with Gasteiger partial charge in [0.15, 0.2) is 0 Å². The number of hydrogen-bond donors (Lipinski definition) is 2. The van der Waals surface area contributed by atoms with Gasteiger partial charge in [0.1, 0.15) is 5.82 Å². The van der Waals surface area contributed by atoms with Crippen molar-refractivity contribution >= 4 is 49.1 Å². The lowest BCUT2D eigenvalue weighted by molar-refractivity contribution is 0.0880. The average molecular weight is 361 g/mol. The number of aromatic nitrogens is 1. The van der Waals surface area contributed by atoms with Crippen LogP contribution in [0.1, 0.15) is 20.7 Å². The summed E-state index contributed by atoms with van der Waals surface area (Å²) in [5, 5.41) is 4.41. The highest BCUT2D eigenvalue weighted by Gasteiger charge is 2.31. The summed E-state index contributed by atoms with van der Waals surface area (Å²) >= 11 is 1.62. The molecule has 26 heavy (non-hydrogen) atoms. The summed E-state index contributed by atoms with van der Waals surface area (Å²) in [4.78, 5) is 36.3. The van der Waals surface area contributed by atoms with Crippen molar-refractivity contribution < 1.29 is 9.59 Å². The zero-order valence-electron chi connectivity index (χ0n) is 13.3. The molecule has 3 heterocycles. The molecule has 2 amide bonds. The van der Waals surface area contributed by atoms with Crippen molar-refractivity contribution in [2.75, 3.05) is 5.73 Å². The minimum Gasteiger partial charge on any atom is -0.384 e. The van der Waals surface area contributed by atoms with Crippen LogP contribution in [0.4, 0.5) is 5.82 Å². The first-order chi connectivity index (χ1) is 12.5. The summed E-state index contributed by atoms with van der Waals surface area (Å²) in [5.74, 6) is -1.21. The topological polar surface area (TPSA) is 94.2 Å². The number of rotatable bonds is 1. The van der Waals surface area contributed by atoms with E-state index in [2.05, 4.69) is 11.4 Å². The number of nitrogen functional groups attached to an aromatic ring is 1. The molecular formula is C19H11N3O3S. The van der Waals surface area contributed by atoms with Crippen LogP contribution in [0.5, 0.6) is 0 Å². The van der Waals surface area contributed by atoms with E-state index in [1.54, 1.807) is 17.4 Å². The van der Waals surface area contributed by atoms with Crippen molar-refractivity contribution in [3.63, 3.8) is 0 Å². The van der Waals surface area contributed by atoms with Crippen LogP contribution in [0.2, 0.25) is 0 Å². The molecule has 0 spiro atoms. The second-order valence-electron chi connectivity index (χ2n) is 6.05. The number of thiophene rings is 1. The van der Waals surface area contributed by atoms with Crippen LogP contribution in [0.15, 0.2) is 53.3 Å². The number of nitrogens with zero attached hydrogens (tertiary/aromatic N) is 1. The number of carbonyl (C=O) groups is 2. The van der Waals surface area contributed by atoms with Gasteiger partial charge in [-0.05, 0) is 18.2 Å². The highest BCUT2D eigenvalue weighted by Crippen LogP contribution is 2.35. The summed E-state index contributed by atoms with van der Waals surface area (Å²) in [6, 6.07) is 14.8. The second-order valence-corrected chi connectivity index (χ2v) is 7.14. The van der Waals surface area contributed by atoms with E-state index >= 15 is 0 Å². The Morgan fingerprint density at radius 1 is 0.885 bits per heavy atom. The number of hydrogen-bond acceptors (Lipinski definition) is 5. The maximum atomic E-state index is 12.6. The molecule has 6 nitrogen and oxygen atoms in total. The number of nitrogens with two attached hydrogens (primary N) is 1. The predicted octanol–water partition coefficient (Wildman–Crippen LogP) is 2.67. The summed E-state index contributed by atoms with van der Waals surface area (Å²) in [6.07, 6.45) is 0. The van der Waals surface area contributed by atoms with Gasteiger partial charge in [0.2, 0.25) is 0 Å². The van der Waals surface area contributed by atoms with E-state index in [9.17, 15) is 14.4 Å². The largest absolute Gasteiger partial charge is 0.384 e. The molecule has 0 unspecified atom stereocenters. The Balaban J connectivity index is 1.80. The standard InChI is InChI=1S/C19H11N3O3S/c20-17-16-12(18(24)21-19(16)25)8-15(23)22(17)9-5-6-11-10-3-1-2-4-13(10)26-14(11)7-9/h1-8H,20H2,(H,21,24,25). The van der Waals surface area contributed by atoms with Crippen LogP contribution in [0.3, 0.4) is 0 Å². The van der Waals surface area contributed by atoms with Gasteiger partial charge >= 0.3 is 0 Å². The highest BCUT2D eigenvalue weighted by molar-refractivity contribution is 7.25. The minimum atomic E-state index is -0.596. The number of amides is 2. The molecule has 1 aliphatic rings. The van der Waals surface area contributed by atoms with Crippen molar-refractivity contribution in [3.05, 3.63) is 70.0 Å². The molecular weight excluding hydrogens is 350 g/mol. The lowest BCUT2D eigenvalue weighted by Gasteiger charge is -2.12. The third-order valence-electron chi connectivity index (χ3n) is 4.57. The predicted molar refractivity (Wildman–Crippen MR) is 101 cm³/mol. The molecule has 2 aromatic carbocycles. The zero-order valence-corrected chi connectivity index (χ0v) is 14.1. The maximum Gasteiger partial charge on any atom is 0.262 e. The first-order valence-corrected chi connectivity index (χ1v) is 8.69. The number of anilines is 1. The highest BCUT2D eigenvalue weighted by atomic mass is 32.1. The summed E-state index contributed by atoms with van der Waals surface area (Å²) in [7, 11) is 0. The van der Waals surface area contributed by atoms with Gasteiger partial charge in [-0.3, -0.25) is 24.3 Å². The molecule has 5 rings (SSSR count). The van der Waals surface area contributed by atoms with Gasteiger partial charge in [0, 0.05) is 26.2 Å². The van der Waals surface area contributed by atoms with Crippen LogP contribution in [0, 0.1) is 0 Å². The normalized spacial score (nSPS) is 13.4. The summed E-state index contributed by atoms with van der Waals surface area (Å²) < 4.78 is 3.43. The smallest absolute Gasteiger partial charge is 0.262 e. The zero-order chi connectivity index (χ0) is 18.0. The Morgan fingerprint density at radius 3 is 2.50 bits per heavy atom. The summed E-state index contributed by atoms with van der Waals surface area (Å²) in [5.41, 5.74) is 6.27. The van der Waals surface area contributed by atoms with Crippen LogP contribution < -0.4 is 16.6 Å². The molecule has 0 saturated heterocycles. The monoisotopic (exact) mass is 361 g/mol. The fourth-order valence-electron chi connectivity index (χ4n) is 3.40. The van der Waals surface area contributed by atoms with Crippen molar-refractivity contribution in [3.8, 4) is 5.69 Å². The number of imide groups is 1. The Hall–Kier alpha value is -3.45. The lowest BCUT2D eigenvalue weighted by atomic mass is 10.1. The molecule has 0 fully saturated rings. The fourth-order valence-corrected chi connectivity index (χ4v) is 4.54. The van der Waals surface area contributed by atoms with Gasteiger partial charge in [0.25, 0.3) is 17.4 Å². The maximum absolute atomic E-state index is 12.6. The minimum absolute atomic E-state index is 0.0247. The van der Waals surface area contributed by atoms with Crippen LogP contribution >= 0.6 is 11.3 Å². The molecule has 7 heteroatoms. The van der Waals surface area contributed by atoms with E-state index in [1.165, 1.54) is 4.57 Å². The SMILES string of the molecule is Nc1c2c(cc(=O)n1-c1ccc3c(c1)sc1ccccc13)C(=O)NC2=O. The molecule has 0 radical (unpaired) electrons. The van der Waals surface area contributed by atoms with Gasteiger partial charge in [-0.15, -0.1) is 11.3 Å². The summed E-state index contributed by atoms with van der Waals surface area (Å²) in [6.45, 7) is 0. The van der Waals surface area contributed by atoms with Gasteiger partial charge in [-0.1, -0.05) is 24.3 Å². The number of carbonyl (C=O) groups excluding carboxylic acids is 2. The van der Waals surface area contributed by atoms with E-state index in [0.717, 1.165) is 26.2 Å². The number of benzene rings is 2. The Morgan fingerprint density at radius 2 is 1.65 bits per heavy atom. The number of pyridine rings is 1. The van der Waals surface area contributed by atoms with Crippen molar-refractivity contribution in [2.45, 2.75) is 0 Å². The average Bonchev–Trinajstić information content (AvgIpc) is 3.11. The first-order valence-electron chi connectivity index (χ1n) is 7.87. The first kappa shape index (κ1) is 14.9. The number of fused-ring (bicyclic) bond motifs is 4.